The number of hydrogen-bond donors (Lipinski definition) is 3. The smallest absolute Gasteiger partial charge is 0.121 e. The maximum absolute atomic E-state index is 10.9. The van der Waals surface area contributed by atoms with Gasteiger partial charge in [-0.25, -0.2) is 0 Å². The van der Waals surface area contributed by atoms with E-state index in [4.69, 9.17) is 0 Å². The lowest BCUT2D eigenvalue weighted by molar-refractivity contribution is 0.0912. The minimum Gasteiger partial charge on any atom is -0.508 e. The van der Waals surface area contributed by atoms with Crippen molar-refractivity contribution in [3.05, 3.63) is 23.8 Å². The fraction of sp³-hybridized carbons (Fsp3) is 0.750. The summed E-state index contributed by atoms with van der Waals surface area (Å²) >= 11 is 0. The molecule has 1 aromatic carbocycles. The number of rotatable bonds is 16. The van der Waals surface area contributed by atoms with Crippen molar-refractivity contribution in [3.8, 4) is 11.5 Å². The van der Waals surface area contributed by atoms with Gasteiger partial charge in [-0.15, -0.1) is 0 Å². The van der Waals surface area contributed by atoms with E-state index in [1.807, 2.05) is 0 Å². The molecule has 0 saturated carbocycles. The summed E-state index contributed by atoms with van der Waals surface area (Å²) in [7, 11) is 0. The van der Waals surface area contributed by atoms with Crippen molar-refractivity contribution in [2.75, 3.05) is 0 Å². The molecule has 1 unspecified atom stereocenters. The maximum Gasteiger partial charge on any atom is 0.121 e. The number of aliphatic hydroxyl groups excluding tert-OH is 1. The molecular formula is C24H42O3. The molecule has 0 aliphatic carbocycles. The number of phenols is 2. The topological polar surface area (TPSA) is 60.7 Å². The predicted octanol–water partition coefficient (Wildman–Crippen LogP) is 7.25. The van der Waals surface area contributed by atoms with E-state index in [1.165, 1.54) is 82.4 Å². The van der Waals surface area contributed by atoms with Gasteiger partial charge in [-0.1, -0.05) is 90.9 Å². The quantitative estimate of drug-likeness (QED) is 0.210. The van der Waals surface area contributed by atoms with Gasteiger partial charge in [-0.3, -0.25) is 0 Å². The second kappa shape index (κ2) is 14.8. The highest BCUT2D eigenvalue weighted by Gasteiger charge is 2.23. The van der Waals surface area contributed by atoms with Gasteiger partial charge in [0.15, 0.2) is 0 Å². The summed E-state index contributed by atoms with van der Waals surface area (Å²) in [5.41, 5.74) is 0.469. The Kier molecular flexibility index (Phi) is 13.0. The molecule has 0 fully saturated rings. The Morgan fingerprint density at radius 2 is 1.19 bits per heavy atom. The first kappa shape index (κ1) is 23.8. The fourth-order valence-electron chi connectivity index (χ4n) is 3.87. The molecule has 0 aliphatic heterocycles. The van der Waals surface area contributed by atoms with E-state index >= 15 is 0 Å². The molecule has 27 heavy (non-hydrogen) atoms. The molecule has 3 heteroatoms. The molecule has 3 N–H and O–H groups in total. The number of hydrogen-bond acceptors (Lipinski definition) is 3. The van der Waals surface area contributed by atoms with E-state index < -0.39 is 6.10 Å². The summed E-state index contributed by atoms with van der Waals surface area (Å²) in [6.45, 7) is 4.46. The summed E-state index contributed by atoms with van der Waals surface area (Å²) in [5, 5.41) is 30.8. The Bertz CT molecular complexity index is 471. The van der Waals surface area contributed by atoms with Gasteiger partial charge in [0.1, 0.15) is 11.5 Å². The molecular weight excluding hydrogens is 336 g/mol. The second-order valence-corrected chi connectivity index (χ2v) is 8.06. The van der Waals surface area contributed by atoms with Crippen LogP contribution in [0.2, 0.25) is 0 Å². The van der Waals surface area contributed by atoms with Crippen molar-refractivity contribution in [3.63, 3.8) is 0 Å². The number of aromatic hydroxyl groups is 2. The highest BCUT2D eigenvalue weighted by molar-refractivity contribution is 5.40. The van der Waals surface area contributed by atoms with Crippen molar-refractivity contribution in [2.45, 2.75) is 110 Å². The Morgan fingerprint density at radius 3 is 1.70 bits per heavy atom. The molecule has 0 bridgehead atoms. The standard InChI is InChI=1S/C24H42O3/c1-3-5-7-9-11-13-15-20(16-14-12-10-8-6-4-2)24(27)22-19-21(25)17-18-23(22)26/h17-20,24-27H,3-16H2,1-2H3. The molecule has 1 rings (SSSR count). The largest absolute Gasteiger partial charge is 0.508 e. The average Bonchev–Trinajstić information content (AvgIpc) is 2.67. The molecule has 0 radical (unpaired) electrons. The van der Waals surface area contributed by atoms with Crippen LogP contribution in [0.4, 0.5) is 0 Å². The Balaban J connectivity index is 2.55. The Labute approximate surface area is 166 Å². The molecule has 1 atom stereocenters. The van der Waals surface area contributed by atoms with Gasteiger partial charge in [0.25, 0.3) is 0 Å². The summed E-state index contributed by atoms with van der Waals surface area (Å²) < 4.78 is 0. The zero-order valence-corrected chi connectivity index (χ0v) is 17.6. The first-order valence-corrected chi connectivity index (χ1v) is 11.3. The van der Waals surface area contributed by atoms with Crippen LogP contribution < -0.4 is 0 Å². The number of phenolic OH excluding ortho intramolecular Hbond substituents is 2. The molecule has 0 aromatic heterocycles. The summed E-state index contributed by atoms with van der Waals surface area (Å²) in [6, 6.07) is 4.44. The van der Waals surface area contributed by atoms with E-state index in [2.05, 4.69) is 13.8 Å². The normalized spacial score (nSPS) is 12.6. The Hall–Kier alpha value is -1.22. The summed E-state index contributed by atoms with van der Waals surface area (Å²) in [5.74, 6) is 0.325. The van der Waals surface area contributed by atoms with Crippen molar-refractivity contribution in [1.29, 1.82) is 0 Å². The van der Waals surface area contributed by atoms with Gasteiger partial charge in [0, 0.05) is 5.56 Å². The van der Waals surface area contributed by atoms with Crippen LogP contribution in [-0.4, -0.2) is 15.3 Å². The van der Waals surface area contributed by atoms with Gasteiger partial charge in [-0.05, 0) is 37.0 Å². The average molecular weight is 379 g/mol. The third kappa shape index (κ3) is 10.0. The van der Waals surface area contributed by atoms with Crippen molar-refractivity contribution >= 4 is 0 Å². The monoisotopic (exact) mass is 378 g/mol. The van der Waals surface area contributed by atoms with Gasteiger partial charge in [0.05, 0.1) is 6.10 Å². The first-order valence-electron chi connectivity index (χ1n) is 11.3. The minimum atomic E-state index is -0.705. The molecule has 156 valence electrons. The lowest BCUT2D eigenvalue weighted by atomic mass is 9.86. The molecule has 0 amide bonds. The SMILES string of the molecule is CCCCCCCCC(CCCCCCCC)C(O)c1cc(O)ccc1O. The number of unbranched alkanes of at least 4 members (excludes halogenated alkanes) is 10. The van der Waals surface area contributed by atoms with Crippen molar-refractivity contribution < 1.29 is 15.3 Å². The van der Waals surface area contributed by atoms with Crippen LogP contribution in [-0.2, 0) is 0 Å². The van der Waals surface area contributed by atoms with Crippen LogP contribution in [0.5, 0.6) is 11.5 Å². The van der Waals surface area contributed by atoms with E-state index in [1.54, 1.807) is 0 Å². The highest BCUT2D eigenvalue weighted by atomic mass is 16.3. The van der Waals surface area contributed by atoms with Crippen molar-refractivity contribution in [1.82, 2.24) is 0 Å². The molecule has 3 nitrogen and oxygen atoms in total. The Morgan fingerprint density at radius 1 is 0.704 bits per heavy atom. The van der Waals surface area contributed by atoms with Crippen molar-refractivity contribution in [2.24, 2.45) is 5.92 Å². The zero-order valence-electron chi connectivity index (χ0n) is 17.6. The second-order valence-electron chi connectivity index (χ2n) is 8.06. The van der Waals surface area contributed by atoms with Crippen LogP contribution in [0, 0.1) is 5.92 Å². The van der Waals surface area contributed by atoms with Crippen LogP contribution in [0.3, 0.4) is 0 Å². The lowest BCUT2D eigenvalue weighted by Crippen LogP contribution is -2.13. The lowest BCUT2D eigenvalue weighted by Gasteiger charge is -2.24. The van der Waals surface area contributed by atoms with E-state index in [0.717, 1.165) is 25.7 Å². The number of benzene rings is 1. The van der Waals surface area contributed by atoms with Crippen LogP contribution in [0.25, 0.3) is 0 Å². The van der Waals surface area contributed by atoms with Crippen LogP contribution in [0.1, 0.15) is 115 Å². The molecule has 0 saturated heterocycles. The van der Waals surface area contributed by atoms with Crippen LogP contribution >= 0.6 is 0 Å². The summed E-state index contributed by atoms with van der Waals surface area (Å²) in [4.78, 5) is 0. The van der Waals surface area contributed by atoms with E-state index in [0.29, 0.717) is 5.56 Å². The van der Waals surface area contributed by atoms with Gasteiger partial charge < -0.3 is 15.3 Å². The first-order chi connectivity index (χ1) is 13.1. The third-order valence-electron chi connectivity index (χ3n) is 5.63. The molecule has 0 heterocycles. The molecule has 0 aliphatic rings. The third-order valence-corrected chi connectivity index (χ3v) is 5.63. The highest BCUT2D eigenvalue weighted by Crippen LogP contribution is 2.36. The summed E-state index contributed by atoms with van der Waals surface area (Å²) in [6.07, 6.45) is 16.2. The molecule has 1 aromatic rings. The van der Waals surface area contributed by atoms with Gasteiger partial charge in [-0.2, -0.15) is 0 Å². The minimum absolute atomic E-state index is 0.0798. The maximum atomic E-state index is 10.9. The van der Waals surface area contributed by atoms with Gasteiger partial charge >= 0.3 is 0 Å². The van der Waals surface area contributed by atoms with Gasteiger partial charge in [0.2, 0.25) is 0 Å². The van der Waals surface area contributed by atoms with Crippen LogP contribution in [0.15, 0.2) is 18.2 Å². The fourth-order valence-corrected chi connectivity index (χ4v) is 3.87. The molecule has 0 spiro atoms. The predicted molar refractivity (Wildman–Crippen MR) is 114 cm³/mol. The zero-order chi connectivity index (χ0) is 19.9. The number of aliphatic hydroxyl groups is 1. The van der Waals surface area contributed by atoms with E-state index in [9.17, 15) is 15.3 Å². The van der Waals surface area contributed by atoms with E-state index in [-0.39, 0.29) is 17.4 Å².